The van der Waals surface area contributed by atoms with Gasteiger partial charge in [0.05, 0.1) is 17.6 Å². The van der Waals surface area contributed by atoms with Crippen LogP contribution in [0.1, 0.15) is 35.2 Å². The van der Waals surface area contributed by atoms with Gasteiger partial charge in [-0.05, 0) is 24.1 Å². The minimum Gasteiger partial charge on any atom is -0.478 e. The topological polar surface area (TPSA) is 61.1 Å². The van der Waals surface area contributed by atoms with E-state index in [4.69, 9.17) is 10.4 Å². The second-order valence-electron chi connectivity index (χ2n) is 3.02. The molecule has 0 aliphatic carbocycles. The third-order valence-corrected chi connectivity index (χ3v) is 2.10. The number of carboxylic acid groups (broad SMARTS) is 1. The largest absolute Gasteiger partial charge is 0.478 e. The molecule has 3 nitrogen and oxygen atoms in total. The summed E-state index contributed by atoms with van der Waals surface area (Å²) in [6.07, 6.45) is 0.694. The lowest BCUT2D eigenvalue weighted by atomic mass is 9.96. The van der Waals surface area contributed by atoms with Gasteiger partial charge in [0.25, 0.3) is 0 Å². The lowest BCUT2D eigenvalue weighted by Crippen LogP contribution is -1.99. The van der Waals surface area contributed by atoms with E-state index in [0.717, 1.165) is 5.56 Å². The van der Waals surface area contributed by atoms with Gasteiger partial charge in [-0.2, -0.15) is 5.26 Å². The van der Waals surface area contributed by atoms with Crippen LogP contribution in [-0.2, 0) is 0 Å². The van der Waals surface area contributed by atoms with Gasteiger partial charge in [0, 0.05) is 0 Å². The fourth-order valence-electron chi connectivity index (χ4n) is 1.29. The fraction of sp³-hybridized carbons (Fsp3) is 0.273. The van der Waals surface area contributed by atoms with Crippen LogP contribution in [0.25, 0.3) is 0 Å². The van der Waals surface area contributed by atoms with Crippen LogP contribution in [0.4, 0.5) is 0 Å². The third-order valence-electron chi connectivity index (χ3n) is 2.10. The Hall–Kier alpha value is -1.82. The highest BCUT2D eigenvalue weighted by Gasteiger charge is 2.10. The van der Waals surface area contributed by atoms with Crippen molar-refractivity contribution in [3.8, 4) is 6.07 Å². The van der Waals surface area contributed by atoms with E-state index in [1.54, 1.807) is 18.2 Å². The molecule has 72 valence electrons. The molecule has 1 aromatic rings. The Balaban J connectivity index is 3.06. The molecular weight excluding hydrogens is 178 g/mol. The van der Waals surface area contributed by atoms with E-state index in [1.165, 1.54) is 6.07 Å². The zero-order valence-corrected chi connectivity index (χ0v) is 7.90. The number of hydrogen-bond acceptors (Lipinski definition) is 2. The van der Waals surface area contributed by atoms with Crippen LogP contribution in [0, 0.1) is 11.3 Å². The molecule has 1 unspecified atom stereocenters. The summed E-state index contributed by atoms with van der Waals surface area (Å²) >= 11 is 0. The first kappa shape index (κ1) is 10.3. The molecule has 0 saturated heterocycles. The number of nitrogens with zero attached hydrogens (tertiary/aromatic N) is 1. The number of nitriles is 1. The quantitative estimate of drug-likeness (QED) is 0.794. The van der Waals surface area contributed by atoms with E-state index in [1.807, 2.05) is 6.92 Å². The molecule has 0 saturated carbocycles. The Morgan fingerprint density at radius 1 is 1.64 bits per heavy atom. The molecule has 1 N–H and O–H groups in total. The first-order valence-corrected chi connectivity index (χ1v) is 4.42. The summed E-state index contributed by atoms with van der Waals surface area (Å²) in [5, 5.41) is 17.6. The molecule has 1 atom stereocenters. The van der Waals surface area contributed by atoms with Gasteiger partial charge in [-0.25, -0.2) is 4.79 Å². The van der Waals surface area contributed by atoms with Crippen LogP contribution >= 0.6 is 0 Å². The van der Waals surface area contributed by atoms with Crippen molar-refractivity contribution in [3.05, 3.63) is 35.4 Å². The van der Waals surface area contributed by atoms with Crippen LogP contribution < -0.4 is 0 Å². The Morgan fingerprint density at radius 3 is 2.86 bits per heavy atom. The van der Waals surface area contributed by atoms with E-state index >= 15 is 0 Å². The van der Waals surface area contributed by atoms with Gasteiger partial charge in [-0.3, -0.25) is 0 Å². The van der Waals surface area contributed by atoms with Gasteiger partial charge in [-0.15, -0.1) is 0 Å². The molecule has 14 heavy (non-hydrogen) atoms. The lowest BCUT2D eigenvalue weighted by Gasteiger charge is -2.06. The monoisotopic (exact) mass is 189 g/mol. The first-order chi connectivity index (χ1) is 6.69. The minimum absolute atomic E-state index is 0.214. The van der Waals surface area contributed by atoms with Gasteiger partial charge < -0.3 is 5.11 Å². The summed E-state index contributed by atoms with van der Waals surface area (Å²) < 4.78 is 0. The zero-order chi connectivity index (χ0) is 10.6. The highest BCUT2D eigenvalue weighted by molar-refractivity contribution is 5.87. The second-order valence-corrected chi connectivity index (χ2v) is 3.02. The molecule has 1 rings (SSSR count). The van der Waals surface area contributed by atoms with E-state index in [9.17, 15) is 4.79 Å². The van der Waals surface area contributed by atoms with Crippen LogP contribution in [0.3, 0.4) is 0 Å². The van der Waals surface area contributed by atoms with Crippen molar-refractivity contribution in [1.29, 1.82) is 5.26 Å². The predicted molar refractivity (Wildman–Crippen MR) is 52.0 cm³/mol. The maximum atomic E-state index is 10.7. The summed E-state index contributed by atoms with van der Waals surface area (Å²) in [7, 11) is 0. The average Bonchev–Trinajstić information content (AvgIpc) is 2.20. The van der Waals surface area contributed by atoms with Gasteiger partial charge in [0.2, 0.25) is 0 Å². The minimum atomic E-state index is -0.959. The van der Waals surface area contributed by atoms with Crippen molar-refractivity contribution < 1.29 is 9.90 Å². The molecule has 0 radical (unpaired) electrons. The van der Waals surface area contributed by atoms with Crippen LogP contribution in [0.15, 0.2) is 24.3 Å². The van der Waals surface area contributed by atoms with Crippen molar-refractivity contribution in [3.63, 3.8) is 0 Å². The standard InChI is InChI=1S/C11H11NO2/c1-2-8(7-12)9-4-3-5-10(6-9)11(13)14/h3-6,8H,2H2,1H3,(H,13,14). The van der Waals surface area contributed by atoms with Crippen molar-refractivity contribution in [1.82, 2.24) is 0 Å². The van der Waals surface area contributed by atoms with Gasteiger partial charge >= 0.3 is 5.97 Å². The number of carboxylic acids is 1. The van der Waals surface area contributed by atoms with Crippen molar-refractivity contribution in [2.24, 2.45) is 0 Å². The summed E-state index contributed by atoms with van der Waals surface area (Å²) in [5.74, 6) is -1.17. The van der Waals surface area contributed by atoms with E-state index in [2.05, 4.69) is 6.07 Å². The highest BCUT2D eigenvalue weighted by atomic mass is 16.4. The molecule has 0 heterocycles. The molecule has 0 fully saturated rings. The number of aromatic carboxylic acids is 1. The van der Waals surface area contributed by atoms with Crippen molar-refractivity contribution >= 4 is 5.97 Å². The van der Waals surface area contributed by atoms with Gasteiger partial charge in [0.1, 0.15) is 0 Å². The Kier molecular flexibility index (Phi) is 3.24. The number of carbonyl (C=O) groups is 1. The van der Waals surface area contributed by atoms with Gasteiger partial charge in [-0.1, -0.05) is 19.1 Å². The van der Waals surface area contributed by atoms with Crippen LogP contribution in [0.5, 0.6) is 0 Å². The molecule has 0 amide bonds. The number of rotatable bonds is 3. The van der Waals surface area contributed by atoms with Crippen molar-refractivity contribution in [2.45, 2.75) is 19.3 Å². The van der Waals surface area contributed by atoms with E-state index in [-0.39, 0.29) is 11.5 Å². The molecule has 0 aliphatic heterocycles. The Morgan fingerprint density at radius 2 is 2.36 bits per heavy atom. The first-order valence-electron chi connectivity index (χ1n) is 4.42. The normalized spacial score (nSPS) is 11.7. The molecule has 3 heteroatoms. The van der Waals surface area contributed by atoms with Crippen molar-refractivity contribution in [2.75, 3.05) is 0 Å². The fourth-order valence-corrected chi connectivity index (χ4v) is 1.29. The van der Waals surface area contributed by atoms with Crippen LogP contribution in [-0.4, -0.2) is 11.1 Å². The molecule has 0 spiro atoms. The molecule has 0 aliphatic rings. The molecule has 0 aromatic heterocycles. The zero-order valence-electron chi connectivity index (χ0n) is 7.90. The smallest absolute Gasteiger partial charge is 0.335 e. The molecule has 1 aromatic carbocycles. The van der Waals surface area contributed by atoms with Crippen LogP contribution in [0.2, 0.25) is 0 Å². The van der Waals surface area contributed by atoms with Gasteiger partial charge in [0.15, 0.2) is 0 Å². The summed E-state index contributed by atoms with van der Waals surface area (Å²) in [6.45, 7) is 1.90. The Labute approximate surface area is 82.6 Å². The number of benzene rings is 1. The SMILES string of the molecule is CCC(C#N)c1cccc(C(=O)O)c1. The Bertz CT molecular complexity index is 379. The third kappa shape index (κ3) is 2.11. The number of hydrogen-bond donors (Lipinski definition) is 1. The summed E-state index contributed by atoms with van der Waals surface area (Å²) in [6, 6.07) is 8.67. The molecular formula is C11H11NO2. The highest BCUT2D eigenvalue weighted by Crippen LogP contribution is 2.19. The summed E-state index contributed by atoms with van der Waals surface area (Å²) in [4.78, 5) is 10.7. The van der Waals surface area contributed by atoms with E-state index in [0.29, 0.717) is 6.42 Å². The molecule has 0 bridgehead atoms. The second kappa shape index (κ2) is 4.43. The lowest BCUT2D eigenvalue weighted by molar-refractivity contribution is 0.0696. The van der Waals surface area contributed by atoms with E-state index < -0.39 is 5.97 Å². The maximum absolute atomic E-state index is 10.7. The maximum Gasteiger partial charge on any atom is 0.335 e. The predicted octanol–water partition coefficient (Wildman–Crippen LogP) is 2.40. The summed E-state index contributed by atoms with van der Waals surface area (Å²) in [5.41, 5.74) is 1.01. The average molecular weight is 189 g/mol.